The Morgan fingerprint density at radius 2 is 1.93 bits per heavy atom. The average Bonchev–Trinajstić information content (AvgIpc) is 2.54. The first kappa shape index (κ1) is 16.9. The summed E-state index contributed by atoms with van der Waals surface area (Å²) in [4.78, 5) is 21.6. The van der Waals surface area contributed by atoms with E-state index in [1.54, 1.807) is 22.9 Å². The number of fused-ring (bicyclic) bond motifs is 1. The molecule has 3 aliphatic carbocycles. The van der Waals surface area contributed by atoms with Gasteiger partial charge in [0.05, 0.1) is 11.8 Å². The molecule has 142 valence electrons. The summed E-state index contributed by atoms with van der Waals surface area (Å²) in [5.41, 5.74) is 1.83. The predicted octanol–water partition coefficient (Wildman–Crippen LogP) is 1.06. The Bertz CT molecular complexity index is 1120. The van der Waals surface area contributed by atoms with E-state index in [1.807, 2.05) is 0 Å². The molecular formula is C18H21N5O3S. The molecule has 1 saturated carbocycles. The zero-order valence-corrected chi connectivity index (χ0v) is 15.9. The number of pyridine rings is 1. The lowest BCUT2D eigenvalue weighted by Crippen LogP contribution is -2.53. The lowest BCUT2D eigenvalue weighted by atomic mass is 9.60. The Balaban J connectivity index is 1.42. The number of nitrogens with one attached hydrogen (secondary N) is 1. The van der Waals surface area contributed by atoms with Gasteiger partial charge in [0.2, 0.25) is 16.0 Å². The van der Waals surface area contributed by atoms with Gasteiger partial charge in [-0.15, -0.1) is 0 Å². The third-order valence-corrected chi connectivity index (χ3v) is 7.18. The van der Waals surface area contributed by atoms with Gasteiger partial charge in [0.25, 0.3) is 5.56 Å². The van der Waals surface area contributed by atoms with E-state index >= 15 is 0 Å². The summed E-state index contributed by atoms with van der Waals surface area (Å²) in [6.07, 6.45) is 8.41. The van der Waals surface area contributed by atoms with Crippen LogP contribution in [0.1, 0.15) is 25.7 Å². The summed E-state index contributed by atoms with van der Waals surface area (Å²) in [6, 6.07) is 3.46. The molecule has 0 atom stereocenters. The normalized spacial score (nSPS) is 22.0. The van der Waals surface area contributed by atoms with Gasteiger partial charge in [0.1, 0.15) is 5.65 Å². The Labute approximate surface area is 157 Å². The molecule has 6 rings (SSSR count). The van der Waals surface area contributed by atoms with Crippen molar-refractivity contribution in [3.05, 3.63) is 40.3 Å². The van der Waals surface area contributed by atoms with Gasteiger partial charge >= 0.3 is 0 Å². The van der Waals surface area contributed by atoms with Crippen LogP contribution < -0.4 is 10.9 Å². The third kappa shape index (κ3) is 2.68. The van der Waals surface area contributed by atoms with Crippen LogP contribution in [0, 0.1) is 0 Å². The molecule has 9 heteroatoms. The average molecular weight is 387 g/mol. The Kier molecular flexibility index (Phi) is 3.51. The zero-order valence-electron chi connectivity index (χ0n) is 15.1. The molecule has 1 N–H and O–H groups in total. The summed E-state index contributed by atoms with van der Waals surface area (Å²) < 4.78 is 26.6. The molecule has 0 spiro atoms. The van der Waals surface area contributed by atoms with Gasteiger partial charge in [-0.05, 0) is 31.7 Å². The van der Waals surface area contributed by atoms with E-state index in [2.05, 4.69) is 21.4 Å². The molecule has 1 saturated heterocycles. The first-order valence-electron chi connectivity index (χ1n) is 9.16. The fourth-order valence-electron chi connectivity index (χ4n) is 4.31. The highest BCUT2D eigenvalue weighted by Gasteiger charge is 2.51. The van der Waals surface area contributed by atoms with Crippen molar-refractivity contribution in [2.75, 3.05) is 24.7 Å². The SMILES string of the molecule is CS(=O)(=O)N1CCC(Nc2ncc3ccc(=O)n(C45C=C(C4)C5)c3n2)CC1. The van der Waals surface area contributed by atoms with Crippen LogP contribution in [-0.4, -0.2) is 52.6 Å². The zero-order chi connectivity index (χ0) is 18.8. The second-order valence-corrected chi connectivity index (χ2v) is 9.80. The first-order valence-corrected chi connectivity index (χ1v) is 11.0. The number of hydrogen-bond donors (Lipinski definition) is 1. The van der Waals surface area contributed by atoms with Gasteiger partial charge < -0.3 is 5.32 Å². The monoisotopic (exact) mass is 387 g/mol. The summed E-state index contributed by atoms with van der Waals surface area (Å²) in [7, 11) is -3.14. The van der Waals surface area contributed by atoms with Gasteiger partial charge in [-0.25, -0.2) is 17.7 Å². The lowest BCUT2D eigenvalue weighted by Gasteiger charge is -2.53. The fourth-order valence-corrected chi connectivity index (χ4v) is 5.19. The maximum Gasteiger partial charge on any atom is 0.252 e. The van der Waals surface area contributed by atoms with Crippen molar-refractivity contribution in [1.82, 2.24) is 18.8 Å². The van der Waals surface area contributed by atoms with Crippen molar-refractivity contribution in [3.63, 3.8) is 0 Å². The molecule has 0 aromatic carbocycles. The number of allylic oxidation sites excluding steroid dienone is 2. The summed E-state index contributed by atoms with van der Waals surface area (Å²) in [6.45, 7) is 0.983. The molecule has 2 aromatic rings. The highest BCUT2D eigenvalue weighted by atomic mass is 32.2. The number of nitrogens with zero attached hydrogens (tertiary/aromatic N) is 4. The van der Waals surface area contributed by atoms with E-state index in [0.717, 1.165) is 18.2 Å². The van der Waals surface area contributed by atoms with Crippen LogP contribution >= 0.6 is 0 Å². The van der Waals surface area contributed by atoms with E-state index in [9.17, 15) is 13.2 Å². The van der Waals surface area contributed by atoms with Crippen molar-refractivity contribution in [1.29, 1.82) is 0 Å². The predicted molar refractivity (Wildman–Crippen MR) is 102 cm³/mol. The van der Waals surface area contributed by atoms with Crippen LogP contribution in [0.5, 0.6) is 0 Å². The van der Waals surface area contributed by atoms with Gasteiger partial charge in [0, 0.05) is 36.8 Å². The van der Waals surface area contributed by atoms with Gasteiger partial charge in [0.15, 0.2) is 0 Å². The van der Waals surface area contributed by atoms with Crippen LogP contribution in [0.2, 0.25) is 0 Å². The largest absolute Gasteiger partial charge is 0.351 e. The number of anilines is 1. The molecule has 2 bridgehead atoms. The first-order chi connectivity index (χ1) is 12.8. The molecule has 2 fully saturated rings. The van der Waals surface area contributed by atoms with Crippen LogP contribution in [0.15, 0.2) is 34.8 Å². The summed E-state index contributed by atoms with van der Waals surface area (Å²) >= 11 is 0. The lowest BCUT2D eigenvalue weighted by molar-refractivity contribution is 0.220. The minimum atomic E-state index is -3.14. The molecular weight excluding hydrogens is 366 g/mol. The molecule has 1 aliphatic heterocycles. The number of piperidine rings is 1. The smallest absolute Gasteiger partial charge is 0.252 e. The molecule has 0 unspecified atom stereocenters. The van der Waals surface area contributed by atoms with E-state index in [1.165, 1.54) is 16.1 Å². The molecule has 8 nitrogen and oxygen atoms in total. The summed E-state index contributed by atoms with van der Waals surface area (Å²) in [5.74, 6) is 0.485. The second-order valence-electron chi connectivity index (χ2n) is 7.82. The number of aromatic nitrogens is 3. The number of hydrogen-bond acceptors (Lipinski definition) is 6. The molecule has 2 aromatic heterocycles. The minimum Gasteiger partial charge on any atom is -0.351 e. The molecule has 0 amide bonds. The molecule has 27 heavy (non-hydrogen) atoms. The fraction of sp³-hybridized carbons (Fsp3) is 0.500. The third-order valence-electron chi connectivity index (χ3n) is 5.87. The van der Waals surface area contributed by atoms with Crippen LogP contribution in [-0.2, 0) is 15.6 Å². The Morgan fingerprint density at radius 1 is 1.22 bits per heavy atom. The Hall–Kier alpha value is -2.26. The quantitative estimate of drug-likeness (QED) is 0.788. The van der Waals surface area contributed by atoms with E-state index in [-0.39, 0.29) is 17.1 Å². The molecule has 4 aliphatic rings. The number of sulfonamides is 1. The van der Waals surface area contributed by atoms with Gasteiger partial charge in [-0.2, -0.15) is 4.98 Å². The summed E-state index contributed by atoms with van der Waals surface area (Å²) in [5, 5.41) is 4.16. The van der Waals surface area contributed by atoms with E-state index < -0.39 is 10.0 Å². The molecule has 0 radical (unpaired) electrons. The van der Waals surface area contributed by atoms with Crippen LogP contribution in [0.4, 0.5) is 5.95 Å². The van der Waals surface area contributed by atoms with Gasteiger partial charge in [-0.3, -0.25) is 9.36 Å². The van der Waals surface area contributed by atoms with Crippen molar-refractivity contribution in [2.24, 2.45) is 0 Å². The Morgan fingerprint density at radius 3 is 2.52 bits per heavy atom. The van der Waals surface area contributed by atoms with Crippen molar-refractivity contribution < 1.29 is 8.42 Å². The highest BCUT2D eigenvalue weighted by molar-refractivity contribution is 7.88. The molecule has 3 heterocycles. The number of rotatable bonds is 4. The van der Waals surface area contributed by atoms with Crippen molar-refractivity contribution >= 4 is 27.0 Å². The van der Waals surface area contributed by atoms with E-state index in [0.29, 0.717) is 37.5 Å². The van der Waals surface area contributed by atoms with Crippen LogP contribution in [0.3, 0.4) is 0 Å². The van der Waals surface area contributed by atoms with Crippen LogP contribution in [0.25, 0.3) is 11.0 Å². The maximum atomic E-state index is 12.5. The second kappa shape index (κ2) is 5.62. The van der Waals surface area contributed by atoms with Crippen molar-refractivity contribution in [3.8, 4) is 0 Å². The highest BCUT2D eigenvalue weighted by Crippen LogP contribution is 2.55. The van der Waals surface area contributed by atoms with Crippen molar-refractivity contribution in [2.45, 2.75) is 37.3 Å². The standard InChI is InChI=1S/C18H21N5O3S/c1-27(25,26)22-6-4-14(5-7-22)20-17-19-11-13-2-3-15(24)23(16(13)21-17)18-8-12(9-18)10-18/h2-3,8,11,14H,4-7,9-10H2,1H3,(H,19,20,21). The van der Waals surface area contributed by atoms with E-state index in [4.69, 9.17) is 0 Å². The maximum absolute atomic E-state index is 12.5. The van der Waals surface area contributed by atoms with Gasteiger partial charge in [-0.1, -0.05) is 11.6 Å². The topological polar surface area (TPSA) is 97.2 Å². The minimum absolute atomic E-state index is 0.0383.